The molecule has 1 aliphatic rings. The lowest BCUT2D eigenvalue weighted by molar-refractivity contribution is -0.135. The van der Waals surface area contributed by atoms with E-state index in [0.717, 1.165) is 0 Å². The lowest BCUT2D eigenvalue weighted by atomic mass is 9.96. The number of thiol groups is 1. The van der Waals surface area contributed by atoms with E-state index in [4.69, 9.17) is 0 Å². The van der Waals surface area contributed by atoms with E-state index in [0.29, 0.717) is 48.7 Å². The largest absolute Gasteiger partial charge is 0.341 e. The highest BCUT2D eigenvalue weighted by Gasteiger charge is 2.27. The molecule has 0 spiro atoms. The van der Waals surface area contributed by atoms with E-state index in [1.54, 1.807) is 29.2 Å². The van der Waals surface area contributed by atoms with Crippen molar-refractivity contribution in [2.24, 2.45) is 5.92 Å². The summed E-state index contributed by atoms with van der Waals surface area (Å²) in [5, 5.41) is 4.47. The molecule has 166 valence electrons. The quantitative estimate of drug-likeness (QED) is 0.577. The standard InChI is InChI=1S/C22H21F2N5O2S/c23-17-5-1-14(2-6-17)20-25-21(15-3-7-18(24)8-4-15)29(26-20)13-19(30)28-11-9-16(10-12-28)22(31)27-32/h1-8,16,32H,9-13H2,(H,27,31). The van der Waals surface area contributed by atoms with Crippen molar-refractivity contribution < 1.29 is 18.4 Å². The summed E-state index contributed by atoms with van der Waals surface area (Å²) in [6, 6.07) is 11.5. The highest BCUT2D eigenvalue weighted by Crippen LogP contribution is 2.24. The van der Waals surface area contributed by atoms with Gasteiger partial charge in [0, 0.05) is 30.1 Å². The van der Waals surface area contributed by atoms with Crippen molar-refractivity contribution in [1.82, 2.24) is 24.4 Å². The predicted octanol–water partition coefficient (Wildman–Crippen LogP) is 3.09. The molecule has 1 N–H and O–H groups in total. The molecule has 1 fully saturated rings. The van der Waals surface area contributed by atoms with Gasteiger partial charge in [-0.2, -0.15) is 0 Å². The molecule has 0 aliphatic carbocycles. The van der Waals surface area contributed by atoms with E-state index < -0.39 is 0 Å². The second kappa shape index (κ2) is 9.47. The van der Waals surface area contributed by atoms with Crippen LogP contribution in [0, 0.1) is 17.6 Å². The van der Waals surface area contributed by atoms with Crippen molar-refractivity contribution in [2.75, 3.05) is 13.1 Å². The lowest BCUT2D eigenvalue weighted by Gasteiger charge is -2.31. The molecule has 2 heterocycles. The van der Waals surface area contributed by atoms with E-state index in [2.05, 4.69) is 27.6 Å². The van der Waals surface area contributed by atoms with Gasteiger partial charge in [0.05, 0.1) is 0 Å². The second-order valence-electron chi connectivity index (χ2n) is 7.56. The number of piperidine rings is 1. The van der Waals surface area contributed by atoms with Crippen molar-refractivity contribution in [3.63, 3.8) is 0 Å². The van der Waals surface area contributed by atoms with Gasteiger partial charge in [-0.15, -0.1) is 5.10 Å². The number of amides is 2. The first-order valence-corrected chi connectivity index (χ1v) is 10.6. The zero-order valence-electron chi connectivity index (χ0n) is 17.0. The number of nitrogens with one attached hydrogen (secondary N) is 1. The van der Waals surface area contributed by atoms with Gasteiger partial charge in [0.25, 0.3) is 0 Å². The number of nitrogens with zero attached hydrogens (tertiary/aromatic N) is 4. The van der Waals surface area contributed by atoms with Gasteiger partial charge in [0.1, 0.15) is 18.2 Å². The minimum absolute atomic E-state index is 0.0651. The smallest absolute Gasteiger partial charge is 0.244 e. The van der Waals surface area contributed by atoms with E-state index >= 15 is 0 Å². The van der Waals surface area contributed by atoms with Crippen LogP contribution in [0.25, 0.3) is 22.8 Å². The summed E-state index contributed by atoms with van der Waals surface area (Å²) in [6.07, 6.45) is 1.11. The summed E-state index contributed by atoms with van der Waals surface area (Å²) in [4.78, 5) is 30.9. The van der Waals surface area contributed by atoms with Crippen LogP contribution in [0.4, 0.5) is 8.78 Å². The maximum absolute atomic E-state index is 13.4. The van der Waals surface area contributed by atoms with Gasteiger partial charge in [0.15, 0.2) is 11.6 Å². The number of hydrogen-bond acceptors (Lipinski definition) is 5. The van der Waals surface area contributed by atoms with Crippen molar-refractivity contribution in [3.05, 3.63) is 60.2 Å². The third-order valence-corrected chi connectivity index (χ3v) is 5.71. The molecule has 2 aromatic carbocycles. The topological polar surface area (TPSA) is 80.1 Å². The van der Waals surface area contributed by atoms with Crippen molar-refractivity contribution in [3.8, 4) is 22.8 Å². The monoisotopic (exact) mass is 457 g/mol. The van der Waals surface area contributed by atoms with Gasteiger partial charge in [-0.1, -0.05) is 12.8 Å². The summed E-state index contributed by atoms with van der Waals surface area (Å²) in [5.41, 5.74) is 1.20. The number of carbonyl (C=O) groups excluding carboxylic acids is 2. The Labute approximate surface area is 189 Å². The Morgan fingerprint density at radius 3 is 2.09 bits per heavy atom. The number of rotatable bonds is 5. The Kier molecular flexibility index (Phi) is 6.50. The summed E-state index contributed by atoms with van der Waals surface area (Å²) < 4.78 is 30.5. The van der Waals surface area contributed by atoms with Crippen LogP contribution in [-0.2, 0) is 16.1 Å². The third kappa shape index (κ3) is 4.80. The van der Waals surface area contributed by atoms with Crippen LogP contribution in [0.5, 0.6) is 0 Å². The zero-order valence-corrected chi connectivity index (χ0v) is 17.9. The van der Waals surface area contributed by atoms with Crippen LogP contribution in [0.1, 0.15) is 12.8 Å². The Balaban J connectivity index is 1.58. The molecule has 0 atom stereocenters. The number of benzene rings is 2. The zero-order chi connectivity index (χ0) is 22.7. The summed E-state index contributed by atoms with van der Waals surface area (Å²) in [5.74, 6) is -0.487. The van der Waals surface area contributed by atoms with Crippen molar-refractivity contribution in [1.29, 1.82) is 0 Å². The molecule has 1 aromatic heterocycles. The molecule has 3 aromatic rings. The van der Waals surface area contributed by atoms with Gasteiger partial charge in [-0.25, -0.2) is 18.4 Å². The normalized spacial score (nSPS) is 14.4. The second-order valence-corrected chi connectivity index (χ2v) is 7.79. The lowest BCUT2D eigenvalue weighted by Crippen LogP contribution is -2.43. The van der Waals surface area contributed by atoms with Gasteiger partial charge in [-0.05, 0) is 61.4 Å². The van der Waals surface area contributed by atoms with E-state index in [1.807, 2.05) is 0 Å². The average Bonchev–Trinajstić information content (AvgIpc) is 3.23. The van der Waals surface area contributed by atoms with Crippen LogP contribution in [0.15, 0.2) is 48.5 Å². The molecule has 0 unspecified atom stereocenters. The molecule has 32 heavy (non-hydrogen) atoms. The Morgan fingerprint density at radius 1 is 0.969 bits per heavy atom. The first-order chi connectivity index (χ1) is 15.4. The summed E-state index contributed by atoms with van der Waals surface area (Å²) in [7, 11) is 0. The fourth-order valence-corrected chi connectivity index (χ4v) is 3.88. The van der Waals surface area contributed by atoms with E-state index in [9.17, 15) is 18.4 Å². The highest BCUT2D eigenvalue weighted by atomic mass is 32.1. The molecule has 10 heteroatoms. The number of halogens is 2. The third-order valence-electron chi connectivity index (χ3n) is 5.49. The molecule has 1 aliphatic heterocycles. The van der Waals surface area contributed by atoms with Gasteiger partial charge < -0.3 is 9.62 Å². The first-order valence-electron chi connectivity index (χ1n) is 10.1. The molecule has 0 radical (unpaired) electrons. The fraction of sp³-hybridized carbons (Fsp3) is 0.273. The molecule has 1 saturated heterocycles. The molecule has 2 amide bonds. The summed E-state index contributed by atoms with van der Waals surface area (Å²) in [6.45, 7) is 0.844. The minimum Gasteiger partial charge on any atom is -0.341 e. The van der Waals surface area contributed by atoms with Crippen molar-refractivity contribution >= 4 is 24.6 Å². The molecule has 0 saturated carbocycles. The molecular formula is C22H21F2N5O2S. The number of hydrogen-bond donors (Lipinski definition) is 2. The SMILES string of the molecule is O=C(NS)C1CCN(C(=O)Cn2nc(-c3ccc(F)cc3)nc2-c2ccc(F)cc2)CC1. The maximum Gasteiger partial charge on any atom is 0.244 e. The predicted molar refractivity (Wildman–Crippen MR) is 117 cm³/mol. The van der Waals surface area contributed by atoms with Crippen LogP contribution in [-0.4, -0.2) is 44.6 Å². The Hall–Kier alpha value is -3.27. The van der Waals surface area contributed by atoms with Gasteiger partial charge >= 0.3 is 0 Å². The van der Waals surface area contributed by atoms with E-state index in [-0.39, 0.29) is 35.9 Å². The molecule has 0 bridgehead atoms. The minimum atomic E-state index is -0.386. The maximum atomic E-state index is 13.4. The number of aromatic nitrogens is 3. The summed E-state index contributed by atoms with van der Waals surface area (Å²) >= 11 is 3.80. The highest BCUT2D eigenvalue weighted by molar-refractivity contribution is 7.78. The fourth-order valence-electron chi connectivity index (χ4n) is 3.70. The average molecular weight is 458 g/mol. The Bertz CT molecular complexity index is 1110. The van der Waals surface area contributed by atoms with Crippen LogP contribution in [0.3, 0.4) is 0 Å². The molecule has 4 rings (SSSR count). The molecular weight excluding hydrogens is 436 g/mol. The van der Waals surface area contributed by atoms with Crippen LogP contribution >= 0.6 is 12.8 Å². The Morgan fingerprint density at radius 2 is 1.53 bits per heavy atom. The van der Waals surface area contributed by atoms with Gasteiger partial charge in [0.2, 0.25) is 11.8 Å². The van der Waals surface area contributed by atoms with Crippen molar-refractivity contribution in [2.45, 2.75) is 19.4 Å². The molecule has 7 nitrogen and oxygen atoms in total. The van der Waals surface area contributed by atoms with Crippen LogP contribution < -0.4 is 4.72 Å². The first kappa shape index (κ1) is 21.9. The number of likely N-dealkylation sites (tertiary alicyclic amines) is 1. The van der Waals surface area contributed by atoms with Crippen LogP contribution in [0.2, 0.25) is 0 Å². The number of carbonyl (C=O) groups is 2. The van der Waals surface area contributed by atoms with E-state index in [1.165, 1.54) is 28.9 Å². The van der Waals surface area contributed by atoms with Gasteiger partial charge in [-0.3, -0.25) is 9.59 Å².